The molecule has 0 unspecified atom stereocenters. The Kier molecular flexibility index (Phi) is 6.29. The molecule has 7 nitrogen and oxygen atoms in total. The Bertz CT molecular complexity index is 1030. The zero-order chi connectivity index (χ0) is 20.8. The molecule has 0 aliphatic heterocycles. The molecule has 1 N–H and O–H groups in total. The van der Waals surface area contributed by atoms with E-state index in [2.05, 4.69) is 10.3 Å². The molecule has 0 fully saturated rings. The SMILES string of the molecule is COc1ccc(N(CCC(=O)Nc2cccc3cccnc23)C(C)=O)cc1OC. The van der Waals surface area contributed by atoms with Crippen LogP contribution in [0.1, 0.15) is 13.3 Å². The van der Waals surface area contributed by atoms with Crippen molar-refractivity contribution in [3.63, 3.8) is 0 Å². The van der Waals surface area contributed by atoms with Crippen LogP contribution < -0.4 is 19.7 Å². The quantitative estimate of drug-likeness (QED) is 0.663. The maximum atomic E-state index is 12.5. The molecule has 3 rings (SSSR count). The molecule has 0 bridgehead atoms. The summed E-state index contributed by atoms with van der Waals surface area (Å²) in [6.07, 6.45) is 1.82. The molecule has 0 atom stereocenters. The lowest BCUT2D eigenvalue weighted by molar-refractivity contribution is -0.117. The molecule has 1 heterocycles. The summed E-state index contributed by atoms with van der Waals surface area (Å²) in [5.74, 6) is 0.718. The fraction of sp³-hybridized carbons (Fsp3) is 0.227. The van der Waals surface area contributed by atoms with Crippen molar-refractivity contribution in [3.05, 3.63) is 54.7 Å². The van der Waals surface area contributed by atoms with Gasteiger partial charge in [-0.25, -0.2) is 0 Å². The zero-order valence-electron chi connectivity index (χ0n) is 16.6. The zero-order valence-corrected chi connectivity index (χ0v) is 16.6. The summed E-state index contributed by atoms with van der Waals surface area (Å²) in [7, 11) is 3.08. The average molecular weight is 393 g/mol. The Morgan fingerprint density at radius 1 is 1.03 bits per heavy atom. The van der Waals surface area contributed by atoms with Crippen molar-refractivity contribution in [2.75, 3.05) is 31.0 Å². The molecule has 2 amide bonds. The van der Waals surface area contributed by atoms with Gasteiger partial charge in [-0.3, -0.25) is 14.6 Å². The minimum absolute atomic E-state index is 0.136. The van der Waals surface area contributed by atoms with Gasteiger partial charge in [0.15, 0.2) is 11.5 Å². The number of hydrogen-bond acceptors (Lipinski definition) is 5. The van der Waals surface area contributed by atoms with Crippen molar-refractivity contribution in [2.45, 2.75) is 13.3 Å². The van der Waals surface area contributed by atoms with Gasteiger partial charge in [-0.2, -0.15) is 0 Å². The molecule has 0 saturated heterocycles. The Hall–Kier alpha value is -3.61. The molecule has 1 aromatic heterocycles. The molecule has 3 aromatic rings. The van der Waals surface area contributed by atoms with E-state index in [-0.39, 0.29) is 24.8 Å². The monoisotopic (exact) mass is 393 g/mol. The summed E-state index contributed by atoms with van der Waals surface area (Å²) in [4.78, 5) is 30.5. The Balaban J connectivity index is 1.72. The van der Waals surface area contributed by atoms with E-state index < -0.39 is 0 Å². The third-order valence-corrected chi connectivity index (χ3v) is 4.53. The van der Waals surface area contributed by atoms with Crippen molar-refractivity contribution in [3.8, 4) is 11.5 Å². The van der Waals surface area contributed by atoms with E-state index in [1.54, 1.807) is 31.5 Å². The summed E-state index contributed by atoms with van der Waals surface area (Å²) >= 11 is 0. The third kappa shape index (κ3) is 4.63. The summed E-state index contributed by atoms with van der Waals surface area (Å²) in [6.45, 7) is 1.69. The highest BCUT2D eigenvalue weighted by Gasteiger charge is 2.16. The van der Waals surface area contributed by atoms with Crippen LogP contribution in [0.3, 0.4) is 0 Å². The van der Waals surface area contributed by atoms with Gasteiger partial charge in [0.2, 0.25) is 11.8 Å². The van der Waals surface area contributed by atoms with Crippen molar-refractivity contribution >= 4 is 34.1 Å². The van der Waals surface area contributed by atoms with Crippen LogP contribution in [0.5, 0.6) is 11.5 Å². The molecular weight excluding hydrogens is 370 g/mol. The number of benzene rings is 2. The van der Waals surface area contributed by atoms with Gasteiger partial charge >= 0.3 is 0 Å². The van der Waals surface area contributed by atoms with Crippen LogP contribution >= 0.6 is 0 Å². The van der Waals surface area contributed by atoms with Gasteiger partial charge in [-0.05, 0) is 24.3 Å². The number of anilines is 2. The minimum atomic E-state index is -0.199. The predicted molar refractivity (Wildman–Crippen MR) is 113 cm³/mol. The van der Waals surface area contributed by atoms with Gasteiger partial charge in [0.05, 0.1) is 25.4 Å². The van der Waals surface area contributed by atoms with Gasteiger partial charge in [0, 0.05) is 43.2 Å². The summed E-state index contributed by atoms with van der Waals surface area (Å²) < 4.78 is 10.5. The van der Waals surface area contributed by atoms with E-state index in [1.165, 1.54) is 18.9 Å². The van der Waals surface area contributed by atoms with E-state index in [4.69, 9.17) is 9.47 Å². The van der Waals surface area contributed by atoms with Crippen molar-refractivity contribution in [1.29, 1.82) is 0 Å². The molecule has 2 aromatic carbocycles. The number of methoxy groups -OCH3 is 2. The van der Waals surface area contributed by atoms with Crippen molar-refractivity contribution in [2.24, 2.45) is 0 Å². The van der Waals surface area contributed by atoms with Crippen LogP contribution in [0.4, 0.5) is 11.4 Å². The molecule has 0 radical (unpaired) electrons. The van der Waals surface area contributed by atoms with Crippen molar-refractivity contribution < 1.29 is 19.1 Å². The smallest absolute Gasteiger partial charge is 0.226 e. The predicted octanol–water partition coefficient (Wildman–Crippen LogP) is 3.63. The largest absolute Gasteiger partial charge is 0.493 e. The number of rotatable bonds is 7. The van der Waals surface area contributed by atoms with Gasteiger partial charge < -0.3 is 19.7 Å². The number of pyridine rings is 1. The normalized spacial score (nSPS) is 10.4. The highest BCUT2D eigenvalue weighted by molar-refractivity contribution is 6.01. The highest BCUT2D eigenvalue weighted by atomic mass is 16.5. The van der Waals surface area contributed by atoms with Gasteiger partial charge in [0.25, 0.3) is 0 Å². The lowest BCUT2D eigenvalue weighted by Crippen LogP contribution is -2.32. The first-order chi connectivity index (χ1) is 14.0. The number of ether oxygens (including phenoxy) is 2. The average Bonchev–Trinajstić information content (AvgIpc) is 2.73. The molecular formula is C22H23N3O4. The number of hydrogen-bond donors (Lipinski definition) is 1. The van der Waals surface area contributed by atoms with Crippen LogP contribution in [0.2, 0.25) is 0 Å². The first-order valence-electron chi connectivity index (χ1n) is 9.17. The maximum absolute atomic E-state index is 12.5. The lowest BCUT2D eigenvalue weighted by Gasteiger charge is -2.22. The first kappa shape index (κ1) is 20.1. The Morgan fingerprint density at radius 2 is 1.79 bits per heavy atom. The fourth-order valence-electron chi connectivity index (χ4n) is 3.09. The van der Waals surface area contributed by atoms with Gasteiger partial charge in [-0.1, -0.05) is 18.2 Å². The molecule has 150 valence electrons. The second kappa shape index (κ2) is 9.05. The highest BCUT2D eigenvalue weighted by Crippen LogP contribution is 2.31. The maximum Gasteiger partial charge on any atom is 0.226 e. The number of amides is 2. The molecule has 29 heavy (non-hydrogen) atoms. The lowest BCUT2D eigenvalue weighted by atomic mass is 10.2. The van der Waals surface area contributed by atoms with E-state index in [1.807, 2.05) is 30.3 Å². The van der Waals surface area contributed by atoms with Crippen LogP contribution in [0, 0.1) is 0 Å². The number of carbonyl (C=O) groups is 2. The Labute approximate surface area is 169 Å². The number of nitrogens with one attached hydrogen (secondary N) is 1. The number of para-hydroxylation sites is 1. The number of nitrogens with zero attached hydrogens (tertiary/aromatic N) is 2. The summed E-state index contributed by atoms with van der Waals surface area (Å²) in [5.41, 5.74) is 2.01. The minimum Gasteiger partial charge on any atom is -0.493 e. The fourth-order valence-corrected chi connectivity index (χ4v) is 3.09. The van der Waals surface area contributed by atoms with E-state index in [0.717, 1.165) is 10.9 Å². The first-order valence-corrected chi connectivity index (χ1v) is 9.17. The van der Waals surface area contributed by atoms with E-state index in [9.17, 15) is 9.59 Å². The molecule has 0 spiro atoms. The number of fused-ring (bicyclic) bond motifs is 1. The molecule has 7 heteroatoms. The standard InChI is InChI=1S/C22H23N3O4/c1-15(26)25(17-9-10-19(28-2)20(14-17)29-3)13-11-21(27)24-18-8-4-6-16-7-5-12-23-22(16)18/h4-10,12,14H,11,13H2,1-3H3,(H,24,27). The van der Waals surface area contributed by atoms with Crippen LogP contribution in [-0.2, 0) is 9.59 Å². The van der Waals surface area contributed by atoms with Crippen molar-refractivity contribution in [1.82, 2.24) is 4.98 Å². The second-order valence-electron chi connectivity index (χ2n) is 6.39. The summed E-state index contributed by atoms with van der Waals surface area (Å²) in [5, 5.41) is 3.83. The van der Waals surface area contributed by atoms with Crippen LogP contribution in [0.15, 0.2) is 54.7 Å². The second-order valence-corrected chi connectivity index (χ2v) is 6.39. The molecule has 0 aliphatic rings. The van der Waals surface area contributed by atoms with Gasteiger partial charge in [-0.15, -0.1) is 0 Å². The Morgan fingerprint density at radius 3 is 2.52 bits per heavy atom. The van der Waals surface area contributed by atoms with E-state index in [0.29, 0.717) is 22.9 Å². The number of aromatic nitrogens is 1. The summed E-state index contributed by atoms with van der Waals surface area (Å²) in [6, 6.07) is 14.6. The molecule has 0 aliphatic carbocycles. The number of carbonyl (C=O) groups excluding carboxylic acids is 2. The third-order valence-electron chi connectivity index (χ3n) is 4.53. The van der Waals surface area contributed by atoms with E-state index >= 15 is 0 Å². The molecule has 0 saturated carbocycles. The van der Waals surface area contributed by atoms with Crippen LogP contribution in [0.25, 0.3) is 10.9 Å². The van der Waals surface area contributed by atoms with Gasteiger partial charge in [0.1, 0.15) is 0 Å². The topological polar surface area (TPSA) is 80.8 Å². The van der Waals surface area contributed by atoms with Crippen LogP contribution in [-0.4, -0.2) is 37.6 Å².